The summed E-state index contributed by atoms with van der Waals surface area (Å²) in [5.41, 5.74) is 0. The fourth-order valence-corrected chi connectivity index (χ4v) is 2.93. The molecule has 1 aromatic rings. The van der Waals surface area contributed by atoms with Gasteiger partial charge in [-0.2, -0.15) is 0 Å². The third-order valence-corrected chi connectivity index (χ3v) is 4.21. The zero-order valence-corrected chi connectivity index (χ0v) is 12.4. The number of thiophene rings is 1. The van der Waals surface area contributed by atoms with Crippen LogP contribution in [0.5, 0.6) is 0 Å². The molecule has 1 unspecified atom stereocenters. The highest BCUT2D eigenvalue weighted by Crippen LogP contribution is 2.14. The Morgan fingerprint density at radius 3 is 3.10 bits per heavy atom. The first kappa shape index (κ1) is 15.0. The lowest BCUT2D eigenvalue weighted by molar-refractivity contribution is -0.162. The van der Waals surface area contributed by atoms with Gasteiger partial charge in [-0.1, -0.05) is 6.07 Å². The molecule has 1 atom stereocenters. The Morgan fingerprint density at radius 1 is 1.55 bits per heavy atom. The van der Waals surface area contributed by atoms with Crippen molar-refractivity contribution in [2.24, 2.45) is 0 Å². The fourth-order valence-electron chi connectivity index (χ4n) is 2.18. The summed E-state index contributed by atoms with van der Waals surface area (Å²) in [7, 11) is 1.33. The van der Waals surface area contributed by atoms with Crippen molar-refractivity contribution in [3.05, 3.63) is 22.4 Å². The van der Waals surface area contributed by atoms with E-state index in [2.05, 4.69) is 10.8 Å². The van der Waals surface area contributed by atoms with Crippen LogP contribution in [0.15, 0.2) is 17.5 Å². The second kappa shape index (κ2) is 7.40. The number of morpholine rings is 1. The van der Waals surface area contributed by atoms with E-state index in [0.717, 1.165) is 12.8 Å². The van der Waals surface area contributed by atoms with Crippen LogP contribution in [-0.4, -0.2) is 49.7 Å². The average Bonchev–Trinajstić information content (AvgIpc) is 2.99. The summed E-state index contributed by atoms with van der Waals surface area (Å²) in [6, 6.07) is 4.10. The predicted molar refractivity (Wildman–Crippen MR) is 75.6 cm³/mol. The molecule has 0 bridgehead atoms. The van der Waals surface area contributed by atoms with Crippen molar-refractivity contribution in [1.29, 1.82) is 0 Å². The first-order chi connectivity index (χ1) is 9.70. The van der Waals surface area contributed by atoms with E-state index in [1.54, 1.807) is 16.2 Å². The van der Waals surface area contributed by atoms with Gasteiger partial charge in [0, 0.05) is 17.8 Å². The highest BCUT2D eigenvalue weighted by molar-refractivity contribution is 7.09. The second-order valence-electron chi connectivity index (χ2n) is 4.66. The maximum absolute atomic E-state index is 12.1. The van der Waals surface area contributed by atoms with Crippen LogP contribution in [0.1, 0.15) is 17.7 Å². The number of rotatable bonds is 5. The lowest BCUT2D eigenvalue weighted by atomic mass is 10.2. The molecule has 1 fully saturated rings. The van der Waals surface area contributed by atoms with E-state index in [0.29, 0.717) is 26.1 Å². The van der Waals surface area contributed by atoms with Gasteiger partial charge in [0.25, 0.3) is 0 Å². The summed E-state index contributed by atoms with van der Waals surface area (Å²) in [5.74, 6) is -0.333. The number of ether oxygens (including phenoxy) is 2. The Bertz CT molecular complexity index is 446. The molecule has 1 aliphatic rings. The number of methoxy groups -OCH3 is 1. The molecular weight excluding hydrogens is 278 g/mol. The summed E-state index contributed by atoms with van der Waals surface area (Å²) in [6.07, 6.45) is 1.62. The van der Waals surface area contributed by atoms with Crippen molar-refractivity contribution in [2.75, 3.05) is 26.8 Å². The molecule has 110 valence electrons. The van der Waals surface area contributed by atoms with Gasteiger partial charge in [0.05, 0.1) is 20.3 Å². The average molecular weight is 297 g/mol. The molecule has 0 radical (unpaired) electrons. The van der Waals surface area contributed by atoms with Crippen molar-refractivity contribution >= 4 is 23.2 Å². The van der Waals surface area contributed by atoms with Crippen LogP contribution in [0.3, 0.4) is 0 Å². The molecule has 1 amide bonds. The topological polar surface area (TPSA) is 55.8 Å². The zero-order valence-electron chi connectivity index (χ0n) is 11.5. The minimum atomic E-state index is -0.644. The number of amides is 1. The highest BCUT2D eigenvalue weighted by Gasteiger charge is 2.29. The molecule has 0 N–H and O–H groups in total. The van der Waals surface area contributed by atoms with Crippen LogP contribution in [0.2, 0.25) is 0 Å². The molecule has 1 aliphatic heterocycles. The van der Waals surface area contributed by atoms with Crippen LogP contribution in [0.25, 0.3) is 0 Å². The van der Waals surface area contributed by atoms with E-state index in [1.807, 2.05) is 11.4 Å². The molecular formula is C14H19NO4S. The molecule has 2 rings (SSSR count). The minimum absolute atomic E-state index is 0.0822. The van der Waals surface area contributed by atoms with Crippen LogP contribution >= 0.6 is 11.3 Å². The monoisotopic (exact) mass is 297 g/mol. The largest absolute Gasteiger partial charge is 0.467 e. The van der Waals surface area contributed by atoms with Gasteiger partial charge < -0.3 is 14.4 Å². The van der Waals surface area contributed by atoms with E-state index < -0.39 is 12.1 Å². The van der Waals surface area contributed by atoms with Gasteiger partial charge in [-0.25, -0.2) is 4.79 Å². The van der Waals surface area contributed by atoms with Gasteiger partial charge in [-0.3, -0.25) is 4.79 Å². The maximum Gasteiger partial charge on any atom is 0.336 e. The molecule has 2 heterocycles. The van der Waals surface area contributed by atoms with Gasteiger partial charge in [-0.15, -0.1) is 11.3 Å². The van der Waals surface area contributed by atoms with Gasteiger partial charge in [-0.05, 0) is 24.3 Å². The van der Waals surface area contributed by atoms with Crippen LogP contribution in [0.4, 0.5) is 0 Å². The molecule has 0 spiro atoms. The third-order valence-electron chi connectivity index (χ3n) is 3.28. The summed E-state index contributed by atoms with van der Waals surface area (Å²) >= 11 is 1.71. The third kappa shape index (κ3) is 4.05. The normalized spacial score (nSPS) is 18.9. The van der Waals surface area contributed by atoms with Crippen molar-refractivity contribution < 1.29 is 19.1 Å². The van der Waals surface area contributed by atoms with Gasteiger partial charge in [0.1, 0.15) is 0 Å². The Hall–Kier alpha value is -1.40. The standard InChI is InChI=1S/C14H19NO4S/c1-18-14(17)12-10-15(7-8-19-12)13(16)6-2-4-11-5-3-9-20-11/h3,5,9,12H,2,4,6-8,10H2,1H3. The number of hydrogen-bond acceptors (Lipinski definition) is 5. The molecule has 1 saturated heterocycles. The Morgan fingerprint density at radius 2 is 2.40 bits per heavy atom. The Kier molecular flexibility index (Phi) is 5.55. The molecule has 0 saturated carbocycles. The minimum Gasteiger partial charge on any atom is -0.467 e. The number of hydrogen-bond donors (Lipinski definition) is 0. The molecule has 5 nitrogen and oxygen atoms in total. The Balaban J connectivity index is 1.75. The first-order valence-electron chi connectivity index (χ1n) is 6.70. The van der Waals surface area contributed by atoms with E-state index in [9.17, 15) is 9.59 Å². The van der Waals surface area contributed by atoms with E-state index >= 15 is 0 Å². The number of carbonyl (C=O) groups is 2. The number of aryl methyl sites for hydroxylation is 1. The summed E-state index contributed by atoms with van der Waals surface area (Å²) in [5, 5.41) is 2.04. The number of nitrogens with zero attached hydrogens (tertiary/aromatic N) is 1. The van der Waals surface area contributed by atoms with E-state index in [1.165, 1.54) is 12.0 Å². The van der Waals surface area contributed by atoms with Crippen LogP contribution < -0.4 is 0 Å². The summed E-state index contributed by atoms with van der Waals surface area (Å²) in [6.45, 7) is 1.23. The second-order valence-corrected chi connectivity index (χ2v) is 5.69. The molecule has 0 aliphatic carbocycles. The predicted octanol–water partition coefficient (Wildman–Crippen LogP) is 1.47. The van der Waals surface area contributed by atoms with Crippen LogP contribution in [0, 0.1) is 0 Å². The highest BCUT2D eigenvalue weighted by atomic mass is 32.1. The summed E-state index contributed by atoms with van der Waals surface area (Å²) in [4.78, 5) is 26.5. The van der Waals surface area contributed by atoms with Gasteiger partial charge in [0.15, 0.2) is 6.10 Å². The number of esters is 1. The zero-order chi connectivity index (χ0) is 14.4. The lowest BCUT2D eigenvalue weighted by Crippen LogP contribution is -2.48. The van der Waals surface area contributed by atoms with Gasteiger partial charge >= 0.3 is 5.97 Å². The van der Waals surface area contributed by atoms with Crippen molar-refractivity contribution in [3.8, 4) is 0 Å². The van der Waals surface area contributed by atoms with Crippen molar-refractivity contribution in [1.82, 2.24) is 4.90 Å². The number of carbonyl (C=O) groups excluding carboxylic acids is 2. The van der Waals surface area contributed by atoms with E-state index in [4.69, 9.17) is 4.74 Å². The smallest absolute Gasteiger partial charge is 0.336 e. The Labute approximate surface area is 122 Å². The molecule has 0 aromatic carbocycles. The van der Waals surface area contributed by atoms with Crippen LogP contribution in [-0.2, 0) is 25.5 Å². The quantitative estimate of drug-likeness (QED) is 0.772. The first-order valence-corrected chi connectivity index (χ1v) is 7.58. The SMILES string of the molecule is COC(=O)C1CN(C(=O)CCCc2cccs2)CCO1. The molecule has 6 heteroatoms. The molecule has 20 heavy (non-hydrogen) atoms. The van der Waals surface area contributed by atoms with Gasteiger partial charge in [0.2, 0.25) is 5.91 Å². The van der Waals surface area contributed by atoms with Crippen molar-refractivity contribution in [2.45, 2.75) is 25.4 Å². The lowest BCUT2D eigenvalue weighted by Gasteiger charge is -2.31. The fraction of sp³-hybridized carbons (Fsp3) is 0.571. The van der Waals surface area contributed by atoms with E-state index in [-0.39, 0.29) is 5.91 Å². The maximum atomic E-state index is 12.1. The van der Waals surface area contributed by atoms with Crippen molar-refractivity contribution in [3.63, 3.8) is 0 Å². The summed E-state index contributed by atoms with van der Waals surface area (Å²) < 4.78 is 9.95. The molecule has 1 aromatic heterocycles.